The molecule has 0 aromatic carbocycles. The molecule has 2 rings (SSSR count). The maximum absolute atomic E-state index is 2.48. The molecule has 0 bridgehead atoms. The fraction of sp³-hybridized carbons (Fsp3) is 0.700. The summed E-state index contributed by atoms with van der Waals surface area (Å²) >= 11 is 0. The lowest BCUT2D eigenvalue weighted by Gasteiger charge is -2.36. The van der Waals surface area contributed by atoms with Crippen LogP contribution < -0.4 is 0 Å². The second kappa shape index (κ2) is 16.8. The van der Waals surface area contributed by atoms with Gasteiger partial charge in [0, 0.05) is 5.92 Å². The van der Waals surface area contributed by atoms with Gasteiger partial charge in [0.15, 0.2) is 0 Å². The number of rotatable bonds is 15. The zero-order valence-corrected chi connectivity index (χ0v) is 28.4. The Morgan fingerprint density at radius 3 is 2.23 bits per heavy atom. The number of allylic oxidation sites excluding steroid dienone is 12. The maximum Gasteiger partial charge on any atom is 0.00255 e. The fourth-order valence-corrected chi connectivity index (χ4v) is 6.91. The Balaban J connectivity index is 1.62. The van der Waals surface area contributed by atoms with Crippen molar-refractivity contribution in [3.63, 3.8) is 0 Å². The molecule has 0 aromatic rings. The molecule has 0 nitrogen and oxygen atoms in total. The minimum atomic E-state index is 0.343. The van der Waals surface area contributed by atoms with E-state index in [0.717, 1.165) is 12.3 Å². The molecule has 226 valence electrons. The van der Waals surface area contributed by atoms with Crippen molar-refractivity contribution in [1.29, 1.82) is 0 Å². The van der Waals surface area contributed by atoms with Crippen LogP contribution in [0.4, 0.5) is 0 Å². The predicted molar refractivity (Wildman–Crippen MR) is 182 cm³/mol. The van der Waals surface area contributed by atoms with Crippen LogP contribution in [-0.4, -0.2) is 0 Å². The van der Waals surface area contributed by atoms with Gasteiger partial charge in [0.2, 0.25) is 0 Å². The van der Waals surface area contributed by atoms with Gasteiger partial charge in [-0.15, -0.1) is 0 Å². The Labute approximate surface area is 251 Å². The molecule has 0 saturated carbocycles. The van der Waals surface area contributed by atoms with Gasteiger partial charge in [-0.05, 0) is 105 Å². The second-order valence-electron chi connectivity index (χ2n) is 15.2. The molecule has 5 atom stereocenters. The van der Waals surface area contributed by atoms with E-state index in [9.17, 15) is 0 Å². The summed E-state index contributed by atoms with van der Waals surface area (Å²) in [4.78, 5) is 0. The molecular formula is C40H66. The third kappa shape index (κ3) is 12.1. The highest BCUT2D eigenvalue weighted by molar-refractivity contribution is 5.32. The SMILES string of the molecule is CC1=CCCC(C)(C)C1/C=C/C(C)/C=C/CC(C)CCCCC(C)/C=C/CC(C)/C=C/C1=C(C)CCCC1(C)C. The van der Waals surface area contributed by atoms with E-state index in [1.165, 1.54) is 64.2 Å². The normalized spacial score (nSPS) is 24.8. The molecule has 0 heterocycles. The van der Waals surface area contributed by atoms with Gasteiger partial charge in [-0.1, -0.05) is 140 Å². The van der Waals surface area contributed by atoms with Crippen LogP contribution in [0.25, 0.3) is 0 Å². The summed E-state index contributed by atoms with van der Waals surface area (Å²) in [5, 5.41) is 0. The zero-order valence-electron chi connectivity index (χ0n) is 28.4. The highest BCUT2D eigenvalue weighted by Gasteiger charge is 2.30. The minimum Gasteiger partial charge on any atom is -0.0877 e. The van der Waals surface area contributed by atoms with Gasteiger partial charge < -0.3 is 0 Å². The zero-order chi connectivity index (χ0) is 29.8. The Morgan fingerprint density at radius 1 is 0.825 bits per heavy atom. The molecule has 5 unspecified atom stereocenters. The molecule has 0 N–H and O–H groups in total. The van der Waals surface area contributed by atoms with Gasteiger partial charge in [-0.25, -0.2) is 0 Å². The van der Waals surface area contributed by atoms with Crippen molar-refractivity contribution >= 4 is 0 Å². The Morgan fingerprint density at radius 2 is 1.52 bits per heavy atom. The molecule has 0 spiro atoms. The monoisotopic (exact) mass is 547 g/mol. The van der Waals surface area contributed by atoms with Crippen LogP contribution in [0.2, 0.25) is 0 Å². The molecule has 40 heavy (non-hydrogen) atoms. The third-order valence-electron chi connectivity index (χ3n) is 9.89. The molecule has 0 amide bonds. The minimum absolute atomic E-state index is 0.343. The maximum atomic E-state index is 2.48. The standard InChI is InChI=1S/C40H66/c1-31(19-13-21-33(3)25-27-37-35(5)23-15-29-39(37,7)8)17-11-12-18-32(2)20-14-22-34(4)26-28-38-36(6)24-16-30-40(38,9)10/h13-14,19,22,24-28,31-34,38H,11-12,15-18,20-21,23,29-30H2,1-10H3/b19-13+,22-14+,27-25+,28-26+. The average molecular weight is 547 g/mol. The lowest BCUT2D eigenvalue weighted by Crippen LogP contribution is -2.26. The first-order valence-electron chi connectivity index (χ1n) is 16.9. The molecule has 0 radical (unpaired) electrons. The Hall–Kier alpha value is -1.56. The van der Waals surface area contributed by atoms with E-state index >= 15 is 0 Å². The first-order valence-corrected chi connectivity index (χ1v) is 16.9. The molecule has 0 aliphatic heterocycles. The van der Waals surface area contributed by atoms with Gasteiger partial charge in [-0.3, -0.25) is 0 Å². The van der Waals surface area contributed by atoms with Crippen LogP contribution >= 0.6 is 0 Å². The van der Waals surface area contributed by atoms with Crippen molar-refractivity contribution in [2.45, 2.75) is 140 Å². The first-order chi connectivity index (χ1) is 18.8. The van der Waals surface area contributed by atoms with Crippen molar-refractivity contribution in [2.24, 2.45) is 40.4 Å². The van der Waals surface area contributed by atoms with Gasteiger partial charge >= 0.3 is 0 Å². The highest BCUT2D eigenvalue weighted by atomic mass is 14.4. The molecule has 0 saturated heterocycles. The molecule has 2 aliphatic carbocycles. The van der Waals surface area contributed by atoms with E-state index in [0.29, 0.717) is 34.5 Å². The molecule has 0 heteroatoms. The van der Waals surface area contributed by atoms with Gasteiger partial charge in [0.1, 0.15) is 0 Å². The molecule has 0 aromatic heterocycles. The van der Waals surface area contributed by atoms with Crippen LogP contribution in [-0.2, 0) is 0 Å². The number of hydrogen-bond donors (Lipinski definition) is 0. The van der Waals surface area contributed by atoms with E-state index in [-0.39, 0.29) is 0 Å². The van der Waals surface area contributed by atoms with Crippen LogP contribution in [0.3, 0.4) is 0 Å². The largest absolute Gasteiger partial charge is 0.0877 e. The van der Waals surface area contributed by atoms with Crippen molar-refractivity contribution in [2.75, 3.05) is 0 Å². The molecule has 2 aliphatic rings. The highest BCUT2D eigenvalue weighted by Crippen LogP contribution is 2.42. The van der Waals surface area contributed by atoms with E-state index in [1.54, 1.807) is 16.7 Å². The predicted octanol–water partition coefficient (Wildman–Crippen LogP) is 13.0. The summed E-state index contributed by atoms with van der Waals surface area (Å²) in [6, 6.07) is 0. The fourth-order valence-electron chi connectivity index (χ4n) is 6.91. The smallest absolute Gasteiger partial charge is 0.00255 e. The van der Waals surface area contributed by atoms with Crippen LogP contribution in [0.15, 0.2) is 71.4 Å². The van der Waals surface area contributed by atoms with Crippen molar-refractivity contribution in [1.82, 2.24) is 0 Å². The Bertz CT molecular complexity index is 927. The average Bonchev–Trinajstić information content (AvgIpc) is 2.85. The van der Waals surface area contributed by atoms with Crippen molar-refractivity contribution in [3.8, 4) is 0 Å². The molecule has 0 fully saturated rings. The summed E-state index contributed by atoms with van der Waals surface area (Å²) in [6.45, 7) is 23.8. The second-order valence-corrected chi connectivity index (χ2v) is 15.2. The Kier molecular flexibility index (Phi) is 14.5. The van der Waals surface area contributed by atoms with Gasteiger partial charge in [0.05, 0.1) is 0 Å². The molecular weight excluding hydrogens is 480 g/mol. The quantitative estimate of drug-likeness (QED) is 0.141. The van der Waals surface area contributed by atoms with E-state index in [1.807, 2.05) is 0 Å². The summed E-state index contributed by atoms with van der Waals surface area (Å²) in [5.41, 5.74) is 5.47. The van der Waals surface area contributed by atoms with E-state index in [2.05, 4.69) is 124 Å². The first kappa shape index (κ1) is 34.6. The lowest BCUT2D eigenvalue weighted by molar-refractivity contribution is 0.255. The van der Waals surface area contributed by atoms with Gasteiger partial charge in [0.25, 0.3) is 0 Å². The summed E-state index contributed by atoms with van der Waals surface area (Å²) in [5.74, 6) is 3.18. The van der Waals surface area contributed by atoms with Crippen LogP contribution in [0.1, 0.15) is 140 Å². The van der Waals surface area contributed by atoms with Crippen molar-refractivity contribution < 1.29 is 0 Å². The summed E-state index contributed by atoms with van der Waals surface area (Å²) in [6.07, 6.45) is 36.2. The number of unbranched alkanes of at least 4 members (excludes halogenated alkanes) is 1. The summed E-state index contributed by atoms with van der Waals surface area (Å²) in [7, 11) is 0. The van der Waals surface area contributed by atoms with Crippen LogP contribution in [0.5, 0.6) is 0 Å². The number of hydrogen-bond acceptors (Lipinski definition) is 0. The van der Waals surface area contributed by atoms with Gasteiger partial charge in [-0.2, -0.15) is 0 Å². The summed E-state index contributed by atoms with van der Waals surface area (Å²) < 4.78 is 0. The van der Waals surface area contributed by atoms with E-state index in [4.69, 9.17) is 0 Å². The van der Waals surface area contributed by atoms with E-state index < -0.39 is 0 Å². The topological polar surface area (TPSA) is 0 Å². The van der Waals surface area contributed by atoms with Crippen molar-refractivity contribution in [3.05, 3.63) is 71.4 Å². The lowest BCUT2D eigenvalue weighted by atomic mass is 9.68. The van der Waals surface area contributed by atoms with Crippen LogP contribution in [0, 0.1) is 40.4 Å². The third-order valence-corrected chi connectivity index (χ3v) is 9.89.